The van der Waals surface area contributed by atoms with Gasteiger partial charge in [0.15, 0.2) is 0 Å². The van der Waals surface area contributed by atoms with Crippen LogP contribution in [-0.2, 0) is 17.2 Å². The van der Waals surface area contributed by atoms with Crippen LogP contribution in [0.3, 0.4) is 0 Å². The van der Waals surface area contributed by atoms with E-state index in [9.17, 15) is 4.79 Å². The molecule has 1 aromatic carbocycles. The number of aromatic nitrogens is 2. The Bertz CT molecular complexity index is 581. The number of carboxylic acids is 1. The van der Waals surface area contributed by atoms with Gasteiger partial charge < -0.3 is 9.67 Å². The van der Waals surface area contributed by atoms with Gasteiger partial charge in [0.1, 0.15) is 5.82 Å². The molecule has 0 saturated heterocycles. The molecule has 6 heteroatoms. The zero-order valence-corrected chi connectivity index (χ0v) is 11.1. The Balaban J connectivity index is 2.31. The van der Waals surface area contributed by atoms with Gasteiger partial charge in [-0.25, -0.2) is 4.98 Å². The molecule has 0 radical (unpaired) electrons. The summed E-state index contributed by atoms with van der Waals surface area (Å²) in [5.41, 5.74) is 1.72. The van der Waals surface area contributed by atoms with Crippen molar-refractivity contribution in [3.8, 4) is 0 Å². The average molecular weight is 287 g/mol. The van der Waals surface area contributed by atoms with E-state index in [-0.39, 0.29) is 6.42 Å². The molecule has 0 saturated carbocycles. The molecule has 0 atom stereocenters. The van der Waals surface area contributed by atoms with E-state index in [4.69, 9.17) is 28.3 Å². The van der Waals surface area contributed by atoms with Crippen LogP contribution in [0.2, 0.25) is 5.02 Å². The molecule has 0 bridgehead atoms. The molecule has 0 unspecified atom stereocenters. The third-order valence-corrected chi connectivity index (χ3v) is 3.16. The number of nitrogens with zero attached hydrogens (tertiary/aromatic N) is 2. The van der Waals surface area contributed by atoms with Crippen molar-refractivity contribution in [1.29, 1.82) is 0 Å². The van der Waals surface area contributed by atoms with Gasteiger partial charge >= 0.3 is 5.97 Å². The van der Waals surface area contributed by atoms with E-state index in [0.29, 0.717) is 23.9 Å². The lowest BCUT2D eigenvalue weighted by Crippen LogP contribution is -2.05. The Morgan fingerprint density at radius 2 is 2.22 bits per heavy atom. The second-order valence-electron chi connectivity index (χ2n) is 3.94. The van der Waals surface area contributed by atoms with Gasteiger partial charge in [0.25, 0.3) is 0 Å². The third kappa shape index (κ3) is 2.76. The molecule has 1 aromatic heterocycles. The van der Waals surface area contributed by atoms with Crippen molar-refractivity contribution >= 4 is 40.2 Å². The normalized spacial score (nSPS) is 11.0. The number of halogens is 2. The largest absolute Gasteiger partial charge is 0.481 e. The number of hydrogen-bond donors (Lipinski definition) is 1. The van der Waals surface area contributed by atoms with E-state index in [1.54, 1.807) is 12.1 Å². The van der Waals surface area contributed by atoms with Gasteiger partial charge in [-0.3, -0.25) is 4.79 Å². The van der Waals surface area contributed by atoms with Crippen molar-refractivity contribution < 1.29 is 9.90 Å². The highest BCUT2D eigenvalue weighted by Gasteiger charge is 2.10. The van der Waals surface area contributed by atoms with E-state index >= 15 is 0 Å². The standard InChI is InChI=1S/C12H12Cl2N2O2/c13-7-11-15-9-6-8(14)3-4-10(9)16(11)5-1-2-12(17)18/h3-4,6H,1-2,5,7H2,(H,17,18). The second kappa shape index (κ2) is 5.59. The second-order valence-corrected chi connectivity index (χ2v) is 4.65. The summed E-state index contributed by atoms with van der Waals surface area (Å²) in [4.78, 5) is 14.9. The molecular formula is C12H12Cl2N2O2. The molecule has 0 fully saturated rings. The zero-order chi connectivity index (χ0) is 13.1. The minimum Gasteiger partial charge on any atom is -0.481 e. The van der Waals surface area contributed by atoms with Gasteiger partial charge in [-0.05, 0) is 24.6 Å². The van der Waals surface area contributed by atoms with Crippen molar-refractivity contribution in [2.75, 3.05) is 0 Å². The molecule has 2 rings (SSSR count). The number of benzene rings is 1. The Morgan fingerprint density at radius 3 is 2.89 bits per heavy atom. The topological polar surface area (TPSA) is 55.1 Å². The summed E-state index contributed by atoms with van der Waals surface area (Å²) in [6, 6.07) is 5.44. The quantitative estimate of drug-likeness (QED) is 0.858. The smallest absolute Gasteiger partial charge is 0.303 e. The predicted octanol–water partition coefficient (Wildman–Crippen LogP) is 3.29. The van der Waals surface area contributed by atoms with Crippen molar-refractivity contribution in [2.45, 2.75) is 25.3 Å². The maximum Gasteiger partial charge on any atom is 0.303 e. The molecule has 4 nitrogen and oxygen atoms in total. The van der Waals surface area contributed by atoms with E-state index < -0.39 is 5.97 Å². The SMILES string of the molecule is O=C(O)CCCn1c(CCl)nc2cc(Cl)ccc21. The number of hydrogen-bond acceptors (Lipinski definition) is 2. The highest BCUT2D eigenvalue weighted by Crippen LogP contribution is 2.22. The molecule has 0 spiro atoms. The van der Waals surface area contributed by atoms with Gasteiger partial charge in [-0.1, -0.05) is 11.6 Å². The molecule has 0 amide bonds. The fraction of sp³-hybridized carbons (Fsp3) is 0.333. The fourth-order valence-corrected chi connectivity index (χ4v) is 2.26. The monoisotopic (exact) mass is 286 g/mol. The first kappa shape index (κ1) is 13.2. The van der Waals surface area contributed by atoms with Gasteiger partial charge in [0.05, 0.1) is 16.9 Å². The molecule has 0 aliphatic heterocycles. The van der Waals surface area contributed by atoms with Crippen LogP contribution in [0.5, 0.6) is 0 Å². The molecule has 0 aliphatic rings. The summed E-state index contributed by atoms with van der Waals surface area (Å²) < 4.78 is 1.95. The molecule has 18 heavy (non-hydrogen) atoms. The first-order chi connectivity index (χ1) is 8.61. The van der Waals surface area contributed by atoms with Crippen LogP contribution in [-0.4, -0.2) is 20.6 Å². The average Bonchev–Trinajstić information content (AvgIpc) is 2.66. The molecular weight excluding hydrogens is 275 g/mol. The zero-order valence-electron chi connectivity index (χ0n) is 9.57. The number of carboxylic acid groups (broad SMARTS) is 1. The number of fused-ring (bicyclic) bond motifs is 1. The molecule has 1 heterocycles. The summed E-state index contributed by atoms with van der Waals surface area (Å²) in [5, 5.41) is 9.27. The number of aryl methyl sites for hydroxylation is 1. The lowest BCUT2D eigenvalue weighted by Gasteiger charge is -2.06. The van der Waals surface area contributed by atoms with Gasteiger partial charge in [0, 0.05) is 18.0 Å². The van der Waals surface area contributed by atoms with E-state index in [1.807, 2.05) is 10.6 Å². The Morgan fingerprint density at radius 1 is 1.44 bits per heavy atom. The maximum atomic E-state index is 10.5. The van der Waals surface area contributed by atoms with Crippen LogP contribution < -0.4 is 0 Å². The number of alkyl halides is 1. The van der Waals surface area contributed by atoms with E-state index in [0.717, 1.165) is 16.9 Å². The van der Waals surface area contributed by atoms with Crippen molar-refractivity contribution in [3.05, 3.63) is 29.0 Å². The van der Waals surface area contributed by atoms with Crippen LogP contribution in [0, 0.1) is 0 Å². The molecule has 2 aromatic rings. The van der Waals surface area contributed by atoms with Crippen LogP contribution in [0.4, 0.5) is 0 Å². The Kier molecular flexibility index (Phi) is 4.09. The third-order valence-electron chi connectivity index (χ3n) is 2.68. The Hall–Kier alpha value is -1.26. The van der Waals surface area contributed by atoms with Crippen molar-refractivity contribution in [3.63, 3.8) is 0 Å². The lowest BCUT2D eigenvalue weighted by atomic mass is 10.3. The fourth-order valence-electron chi connectivity index (χ4n) is 1.89. The number of aliphatic carboxylic acids is 1. The van der Waals surface area contributed by atoms with Gasteiger partial charge in [-0.2, -0.15) is 0 Å². The summed E-state index contributed by atoms with van der Waals surface area (Å²) in [6.45, 7) is 0.590. The number of imidazole rings is 1. The van der Waals surface area contributed by atoms with Crippen LogP contribution in [0.15, 0.2) is 18.2 Å². The summed E-state index contributed by atoms with van der Waals surface area (Å²) in [7, 11) is 0. The molecule has 0 aliphatic carbocycles. The number of rotatable bonds is 5. The van der Waals surface area contributed by atoms with Crippen molar-refractivity contribution in [2.24, 2.45) is 0 Å². The van der Waals surface area contributed by atoms with Gasteiger partial charge in [-0.15, -0.1) is 11.6 Å². The summed E-state index contributed by atoms with van der Waals surface area (Å²) in [6.07, 6.45) is 0.683. The first-order valence-electron chi connectivity index (χ1n) is 5.54. The van der Waals surface area contributed by atoms with E-state index in [2.05, 4.69) is 4.98 Å². The highest BCUT2D eigenvalue weighted by molar-refractivity contribution is 6.31. The highest BCUT2D eigenvalue weighted by atomic mass is 35.5. The van der Waals surface area contributed by atoms with Crippen molar-refractivity contribution in [1.82, 2.24) is 9.55 Å². The van der Waals surface area contributed by atoms with Crippen LogP contribution >= 0.6 is 23.2 Å². The molecule has 96 valence electrons. The lowest BCUT2D eigenvalue weighted by molar-refractivity contribution is -0.137. The Labute approximate surface area is 114 Å². The van der Waals surface area contributed by atoms with Crippen LogP contribution in [0.25, 0.3) is 11.0 Å². The number of carbonyl (C=O) groups is 1. The first-order valence-corrected chi connectivity index (χ1v) is 6.45. The van der Waals surface area contributed by atoms with Gasteiger partial charge in [0.2, 0.25) is 0 Å². The minimum atomic E-state index is -0.796. The van der Waals surface area contributed by atoms with E-state index in [1.165, 1.54) is 0 Å². The maximum absolute atomic E-state index is 10.5. The molecule has 1 N–H and O–H groups in total. The predicted molar refractivity (Wildman–Crippen MR) is 71.2 cm³/mol. The summed E-state index contributed by atoms with van der Waals surface area (Å²) in [5.74, 6) is 0.230. The van der Waals surface area contributed by atoms with Crippen LogP contribution in [0.1, 0.15) is 18.7 Å². The minimum absolute atomic E-state index is 0.134. The summed E-state index contributed by atoms with van der Waals surface area (Å²) >= 11 is 11.8.